The van der Waals surface area contributed by atoms with Crippen LogP contribution in [0.3, 0.4) is 0 Å². The molecule has 0 saturated heterocycles. The van der Waals surface area contributed by atoms with Crippen molar-refractivity contribution < 1.29 is 9.90 Å². The molecule has 0 aliphatic heterocycles. The standard InChI is InChI=1S/C11H13NO3/c1-7(2)5-12-6-9(11(14)15)10(13)4-8(12)3/h4,6H,1,5H2,2-3H3,(H,14,15). The van der Waals surface area contributed by atoms with E-state index in [0.29, 0.717) is 6.54 Å². The first-order valence-electron chi connectivity index (χ1n) is 4.50. The van der Waals surface area contributed by atoms with Crippen LogP contribution < -0.4 is 5.43 Å². The van der Waals surface area contributed by atoms with E-state index in [0.717, 1.165) is 11.3 Å². The number of carboxylic acid groups (broad SMARTS) is 1. The van der Waals surface area contributed by atoms with Crippen molar-refractivity contribution in [2.45, 2.75) is 20.4 Å². The number of rotatable bonds is 3. The zero-order valence-corrected chi connectivity index (χ0v) is 8.78. The molecule has 0 radical (unpaired) electrons. The summed E-state index contributed by atoms with van der Waals surface area (Å²) in [5.74, 6) is -1.20. The Morgan fingerprint density at radius 2 is 2.20 bits per heavy atom. The second-order valence-corrected chi connectivity index (χ2v) is 3.58. The lowest BCUT2D eigenvalue weighted by atomic mass is 10.2. The van der Waals surface area contributed by atoms with Crippen LogP contribution in [0.25, 0.3) is 0 Å². The number of nitrogens with zero attached hydrogens (tertiary/aromatic N) is 1. The number of aromatic nitrogens is 1. The molecule has 0 unspecified atom stereocenters. The van der Waals surface area contributed by atoms with Gasteiger partial charge in [-0.15, -0.1) is 0 Å². The molecule has 0 aromatic carbocycles. The van der Waals surface area contributed by atoms with Crippen molar-refractivity contribution in [3.63, 3.8) is 0 Å². The zero-order valence-electron chi connectivity index (χ0n) is 8.78. The fourth-order valence-corrected chi connectivity index (χ4v) is 1.29. The molecule has 4 nitrogen and oxygen atoms in total. The van der Waals surface area contributed by atoms with Crippen LogP contribution in [0.15, 0.2) is 29.2 Å². The Hall–Kier alpha value is -1.84. The summed E-state index contributed by atoms with van der Waals surface area (Å²) in [5, 5.41) is 8.78. The summed E-state index contributed by atoms with van der Waals surface area (Å²) in [7, 11) is 0. The van der Waals surface area contributed by atoms with Gasteiger partial charge < -0.3 is 9.67 Å². The van der Waals surface area contributed by atoms with E-state index in [-0.39, 0.29) is 5.56 Å². The smallest absolute Gasteiger partial charge is 0.341 e. The number of aromatic carboxylic acids is 1. The van der Waals surface area contributed by atoms with E-state index in [4.69, 9.17) is 5.11 Å². The molecule has 1 aromatic rings. The second-order valence-electron chi connectivity index (χ2n) is 3.58. The molecule has 80 valence electrons. The Kier molecular flexibility index (Phi) is 3.09. The van der Waals surface area contributed by atoms with Crippen molar-refractivity contribution >= 4 is 5.97 Å². The minimum absolute atomic E-state index is 0.207. The summed E-state index contributed by atoms with van der Waals surface area (Å²) in [4.78, 5) is 22.0. The van der Waals surface area contributed by atoms with Gasteiger partial charge in [-0.2, -0.15) is 0 Å². The van der Waals surface area contributed by atoms with Crippen LogP contribution in [0, 0.1) is 6.92 Å². The maximum atomic E-state index is 11.3. The van der Waals surface area contributed by atoms with Gasteiger partial charge in [-0.3, -0.25) is 4.79 Å². The van der Waals surface area contributed by atoms with E-state index in [1.165, 1.54) is 12.3 Å². The van der Waals surface area contributed by atoms with Crippen molar-refractivity contribution in [1.82, 2.24) is 4.57 Å². The van der Waals surface area contributed by atoms with E-state index in [1.807, 2.05) is 6.92 Å². The number of aryl methyl sites for hydroxylation is 1. The highest BCUT2D eigenvalue weighted by atomic mass is 16.4. The highest BCUT2D eigenvalue weighted by molar-refractivity contribution is 5.87. The molecule has 1 heterocycles. The topological polar surface area (TPSA) is 59.3 Å². The fraction of sp³-hybridized carbons (Fsp3) is 0.273. The fourth-order valence-electron chi connectivity index (χ4n) is 1.29. The number of allylic oxidation sites excluding steroid dienone is 1. The van der Waals surface area contributed by atoms with Crippen molar-refractivity contribution in [3.05, 3.63) is 45.9 Å². The Bertz CT molecular complexity index is 471. The molecule has 0 aliphatic rings. The molecule has 0 spiro atoms. The lowest BCUT2D eigenvalue weighted by molar-refractivity contribution is 0.0694. The van der Waals surface area contributed by atoms with Crippen LogP contribution in [0.1, 0.15) is 23.0 Å². The van der Waals surface area contributed by atoms with Gasteiger partial charge >= 0.3 is 5.97 Å². The molecular formula is C11H13NO3. The van der Waals surface area contributed by atoms with Gasteiger partial charge in [0.2, 0.25) is 0 Å². The second kappa shape index (κ2) is 4.13. The van der Waals surface area contributed by atoms with E-state index in [2.05, 4.69) is 6.58 Å². The Balaban J connectivity index is 3.29. The van der Waals surface area contributed by atoms with Crippen molar-refractivity contribution in [3.8, 4) is 0 Å². The van der Waals surface area contributed by atoms with Gasteiger partial charge in [0.1, 0.15) is 5.56 Å². The summed E-state index contributed by atoms with van der Waals surface area (Å²) in [6, 6.07) is 1.33. The number of carboxylic acids is 1. The number of hydrogen-bond donors (Lipinski definition) is 1. The predicted octanol–water partition coefficient (Wildman–Crippen LogP) is 1.43. The SMILES string of the molecule is C=C(C)Cn1cc(C(=O)O)c(=O)cc1C. The molecule has 0 bridgehead atoms. The normalized spacial score (nSPS) is 10.0. The van der Waals surface area contributed by atoms with Crippen LogP contribution in [-0.2, 0) is 6.54 Å². The molecule has 15 heavy (non-hydrogen) atoms. The molecule has 0 atom stereocenters. The Morgan fingerprint density at radius 3 is 2.67 bits per heavy atom. The summed E-state index contributed by atoms with van der Waals surface area (Å²) >= 11 is 0. The van der Waals surface area contributed by atoms with Crippen LogP contribution in [0.2, 0.25) is 0 Å². The minimum Gasteiger partial charge on any atom is -0.477 e. The van der Waals surface area contributed by atoms with Gasteiger partial charge in [0, 0.05) is 24.5 Å². The van der Waals surface area contributed by atoms with Crippen LogP contribution in [0.5, 0.6) is 0 Å². The molecule has 0 amide bonds. The summed E-state index contributed by atoms with van der Waals surface area (Å²) in [6.45, 7) is 7.87. The van der Waals surface area contributed by atoms with Crippen LogP contribution >= 0.6 is 0 Å². The largest absolute Gasteiger partial charge is 0.477 e. The van der Waals surface area contributed by atoms with Gasteiger partial charge in [-0.05, 0) is 13.8 Å². The van der Waals surface area contributed by atoms with Gasteiger partial charge in [0.25, 0.3) is 0 Å². The molecule has 1 N–H and O–H groups in total. The molecule has 0 fully saturated rings. The Morgan fingerprint density at radius 1 is 1.60 bits per heavy atom. The van der Waals surface area contributed by atoms with Crippen LogP contribution in [0.4, 0.5) is 0 Å². The quantitative estimate of drug-likeness (QED) is 0.763. The highest BCUT2D eigenvalue weighted by Gasteiger charge is 2.10. The third kappa shape index (κ3) is 2.56. The molecule has 0 saturated carbocycles. The summed E-state index contributed by atoms with van der Waals surface area (Å²) in [5.41, 5.74) is 0.964. The van der Waals surface area contributed by atoms with Crippen molar-refractivity contribution in [2.75, 3.05) is 0 Å². The Labute approximate surface area is 87.5 Å². The van der Waals surface area contributed by atoms with E-state index in [9.17, 15) is 9.59 Å². The number of hydrogen-bond acceptors (Lipinski definition) is 2. The average molecular weight is 207 g/mol. The first kappa shape index (κ1) is 11.2. The third-order valence-electron chi connectivity index (χ3n) is 2.01. The lowest BCUT2D eigenvalue weighted by Gasteiger charge is -2.10. The average Bonchev–Trinajstić information content (AvgIpc) is 2.08. The van der Waals surface area contributed by atoms with E-state index in [1.54, 1.807) is 11.5 Å². The lowest BCUT2D eigenvalue weighted by Crippen LogP contribution is -2.19. The van der Waals surface area contributed by atoms with Crippen LogP contribution in [-0.4, -0.2) is 15.6 Å². The maximum absolute atomic E-state index is 11.3. The third-order valence-corrected chi connectivity index (χ3v) is 2.01. The predicted molar refractivity (Wildman–Crippen MR) is 57.2 cm³/mol. The number of carbonyl (C=O) groups is 1. The highest BCUT2D eigenvalue weighted by Crippen LogP contribution is 2.03. The first-order valence-corrected chi connectivity index (χ1v) is 4.50. The first-order chi connectivity index (χ1) is 6.91. The monoisotopic (exact) mass is 207 g/mol. The number of pyridine rings is 1. The van der Waals surface area contributed by atoms with Gasteiger partial charge in [0.05, 0.1) is 0 Å². The van der Waals surface area contributed by atoms with E-state index < -0.39 is 11.4 Å². The minimum atomic E-state index is -1.20. The molecule has 1 aromatic heterocycles. The molecule has 4 heteroatoms. The summed E-state index contributed by atoms with van der Waals surface area (Å²) < 4.78 is 1.70. The van der Waals surface area contributed by atoms with Gasteiger partial charge in [0.15, 0.2) is 5.43 Å². The van der Waals surface area contributed by atoms with Gasteiger partial charge in [-0.1, -0.05) is 12.2 Å². The van der Waals surface area contributed by atoms with Gasteiger partial charge in [-0.25, -0.2) is 4.79 Å². The van der Waals surface area contributed by atoms with E-state index >= 15 is 0 Å². The molecular weight excluding hydrogens is 194 g/mol. The van der Waals surface area contributed by atoms with Crippen molar-refractivity contribution in [2.24, 2.45) is 0 Å². The summed E-state index contributed by atoms with van der Waals surface area (Å²) in [6.07, 6.45) is 1.36. The maximum Gasteiger partial charge on any atom is 0.341 e. The molecule has 0 aliphatic carbocycles. The molecule has 1 rings (SSSR count). The zero-order chi connectivity index (χ0) is 11.6. The van der Waals surface area contributed by atoms with Crippen molar-refractivity contribution in [1.29, 1.82) is 0 Å².